The number of anilines is 1. The zero-order valence-electron chi connectivity index (χ0n) is 11.7. The maximum Gasteiger partial charge on any atom is 0.231 e. The summed E-state index contributed by atoms with van der Waals surface area (Å²) in [6.07, 6.45) is 4.45. The van der Waals surface area contributed by atoms with Crippen molar-refractivity contribution in [1.82, 2.24) is 5.32 Å². The van der Waals surface area contributed by atoms with Crippen molar-refractivity contribution in [3.8, 4) is 0 Å². The number of rotatable bonds is 3. The first-order valence-electron chi connectivity index (χ1n) is 7.31. The lowest BCUT2D eigenvalue weighted by molar-refractivity contribution is -0.122. The van der Waals surface area contributed by atoms with E-state index < -0.39 is 0 Å². The Morgan fingerprint density at radius 2 is 2.05 bits per heavy atom. The highest BCUT2D eigenvalue weighted by Crippen LogP contribution is 2.34. The third kappa shape index (κ3) is 2.27. The fourth-order valence-electron chi connectivity index (χ4n) is 3.43. The number of benzene rings is 1. The number of carbonyl (C=O) groups excluding carboxylic acids is 1. The van der Waals surface area contributed by atoms with Gasteiger partial charge in [-0.15, -0.1) is 0 Å². The number of hydrogen-bond acceptors (Lipinski definition) is 2. The first kappa shape index (κ1) is 12.7. The van der Waals surface area contributed by atoms with Gasteiger partial charge in [0.05, 0.1) is 5.92 Å². The average Bonchev–Trinajstić information content (AvgIpc) is 3.08. The summed E-state index contributed by atoms with van der Waals surface area (Å²) in [5.74, 6) is 0.443. The molecule has 0 radical (unpaired) electrons. The van der Waals surface area contributed by atoms with Gasteiger partial charge in [-0.3, -0.25) is 4.79 Å². The molecular formula is C16H22N2O. The van der Waals surface area contributed by atoms with E-state index in [4.69, 9.17) is 0 Å². The summed E-state index contributed by atoms with van der Waals surface area (Å²) in [5, 5.41) is 3.54. The van der Waals surface area contributed by atoms with E-state index >= 15 is 0 Å². The minimum atomic E-state index is 0.176. The molecule has 19 heavy (non-hydrogen) atoms. The lowest BCUT2D eigenvalue weighted by Crippen LogP contribution is -2.38. The van der Waals surface area contributed by atoms with Crippen LogP contribution in [0.2, 0.25) is 0 Å². The van der Waals surface area contributed by atoms with E-state index in [9.17, 15) is 4.79 Å². The number of amides is 1. The summed E-state index contributed by atoms with van der Waals surface area (Å²) in [4.78, 5) is 14.4. The Hall–Kier alpha value is -1.35. The Bertz CT molecular complexity index is 468. The highest BCUT2D eigenvalue weighted by molar-refractivity contribution is 5.95. The SMILES string of the molecule is CCc1ccc(N(C)C(=O)C2CC3CCC2N3)cc1. The van der Waals surface area contributed by atoms with Crippen LogP contribution in [0.5, 0.6) is 0 Å². The highest BCUT2D eigenvalue weighted by atomic mass is 16.2. The molecule has 2 bridgehead atoms. The van der Waals surface area contributed by atoms with Crippen molar-refractivity contribution in [3.63, 3.8) is 0 Å². The fraction of sp³-hybridized carbons (Fsp3) is 0.562. The van der Waals surface area contributed by atoms with Crippen molar-refractivity contribution in [1.29, 1.82) is 0 Å². The first-order chi connectivity index (χ1) is 9.19. The molecule has 1 aromatic rings. The van der Waals surface area contributed by atoms with Gasteiger partial charge in [0.15, 0.2) is 0 Å². The molecule has 3 heteroatoms. The van der Waals surface area contributed by atoms with Crippen LogP contribution in [0.1, 0.15) is 31.7 Å². The van der Waals surface area contributed by atoms with Gasteiger partial charge in [0.2, 0.25) is 5.91 Å². The topological polar surface area (TPSA) is 32.3 Å². The molecule has 1 N–H and O–H groups in total. The predicted molar refractivity (Wildman–Crippen MR) is 77.3 cm³/mol. The average molecular weight is 258 g/mol. The van der Waals surface area contributed by atoms with Gasteiger partial charge < -0.3 is 10.2 Å². The third-order valence-electron chi connectivity index (χ3n) is 4.68. The molecule has 2 heterocycles. The maximum absolute atomic E-state index is 12.6. The van der Waals surface area contributed by atoms with Crippen LogP contribution in [0.4, 0.5) is 5.69 Å². The van der Waals surface area contributed by atoms with Crippen LogP contribution in [0.3, 0.4) is 0 Å². The van der Waals surface area contributed by atoms with Gasteiger partial charge in [-0.05, 0) is 43.4 Å². The van der Waals surface area contributed by atoms with Gasteiger partial charge in [-0.1, -0.05) is 19.1 Å². The van der Waals surface area contributed by atoms with Crippen molar-refractivity contribution in [2.75, 3.05) is 11.9 Å². The predicted octanol–water partition coefficient (Wildman–Crippen LogP) is 2.35. The number of aryl methyl sites for hydroxylation is 1. The molecule has 3 atom stereocenters. The quantitative estimate of drug-likeness (QED) is 0.902. The van der Waals surface area contributed by atoms with Crippen LogP contribution in [-0.4, -0.2) is 25.0 Å². The van der Waals surface area contributed by atoms with E-state index in [2.05, 4.69) is 36.5 Å². The van der Waals surface area contributed by atoms with Gasteiger partial charge in [-0.2, -0.15) is 0 Å². The molecule has 3 nitrogen and oxygen atoms in total. The molecule has 1 aromatic carbocycles. The Labute approximate surface area is 115 Å². The molecular weight excluding hydrogens is 236 g/mol. The number of carbonyl (C=O) groups is 1. The Morgan fingerprint density at radius 3 is 2.58 bits per heavy atom. The Morgan fingerprint density at radius 1 is 1.32 bits per heavy atom. The van der Waals surface area contributed by atoms with E-state index in [0.717, 1.165) is 24.9 Å². The smallest absolute Gasteiger partial charge is 0.231 e. The molecule has 3 unspecified atom stereocenters. The second kappa shape index (κ2) is 4.97. The van der Waals surface area contributed by atoms with Crippen LogP contribution in [0, 0.1) is 5.92 Å². The Kier molecular flexibility index (Phi) is 3.31. The van der Waals surface area contributed by atoms with Crippen molar-refractivity contribution in [2.24, 2.45) is 5.92 Å². The molecule has 2 aliphatic rings. The van der Waals surface area contributed by atoms with Gasteiger partial charge >= 0.3 is 0 Å². The maximum atomic E-state index is 12.6. The van der Waals surface area contributed by atoms with Crippen LogP contribution in [0.25, 0.3) is 0 Å². The van der Waals surface area contributed by atoms with E-state index in [1.54, 1.807) is 0 Å². The zero-order valence-corrected chi connectivity index (χ0v) is 11.7. The van der Waals surface area contributed by atoms with Gasteiger partial charge in [0.25, 0.3) is 0 Å². The lowest BCUT2D eigenvalue weighted by atomic mass is 9.88. The standard InChI is InChI=1S/C16H22N2O/c1-3-11-4-7-13(8-5-11)18(2)16(19)14-10-12-6-9-15(14)17-12/h4-5,7-8,12,14-15,17H,3,6,9-10H2,1-2H3. The Balaban J connectivity index is 1.72. The molecule has 2 aliphatic heterocycles. The summed E-state index contributed by atoms with van der Waals surface area (Å²) >= 11 is 0. The highest BCUT2D eigenvalue weighted by Gasteiger charge is 2.43. The normalized spacial score (nSPS) is 28.6. The number of hydrogen-bond donors (Lipinski definition) is 1. The number of nitrogens with one attached hydrogen (secondary N) is 1. The van der Waals surface area contributed by atoms with Crippen molar-refractivity contribution in [2.45, 2.75) is 44.7 Å². The minimum absolute atomic E-state index is 0.176. The van der Waals surface area contributed by atoms with Crippen molar-refractivity contribution in [3.05, 3.63) is 29.8 Å². The zero-order chi connectivity index (χ0) is 13.4. The number of fused-ring (bicyclic) bond motifs is 2. The summed E-state index contributed by atoms with van der Waals surface area (Å²) in [6.45, 7) is 2.14. The molecule has 3 rings (SSSR count). The van der Waals surface area contributed by atoms with Gasteiger partial charge in [0, 0.05) is 24.8 Å². The molecule has 0 saturated carbocycles. The van der Waals surface area contributed by atoms with E-state index in [-0.39, 0.29) is 11.8 Å². The molecule has 1 amide bonds. The monoisotopic (exact) mass is 258 g/mol. The van der Waals surface area contributed by atoms with Gasteiger partial charge in [0.1, 0.15) is 0 Å². The first-order valence-corrected chi connectivity index (χ1v) is 7.31. The molecule has 0 aliphatic carbocycles. The van der Waals surface area contributed by atoms with E-state index in [1.807, 2.05) is 11.9 Å². The van der Waals surface area contributed by atoms with E-state index in [0.29, 0.717) is 12.1 Å². The summed E-state index contributed by atoms with van der Waals surface area (Å²) < 4.78 is 0. The van der Waals surface area contributed by atoms with Crippen LogP contribution >= 0.6 is 0 Å². The van der Waals surface area contributed by atoms with Crippen LogP contribution in [0.15, 0.2) is 24.3 Å². The van der Waals surface area contributed by atoms with Crippen LogP contribution < -0.4 is 10.2 Å². The lowest BCUT2D eigenvalue weighted by Gasteiger charge is -2.25. The molecule has 2 fully saturated rings. The molecule has 102 valence electrons. The summed E-state index contributed by atoms with van der Waals surface area (Å²) in [7, 11) is 1.90. The number of nitrogens with zero attached hydrogens (tertiary/aromatic N) is 1. The largest absolute Gasteiger partial charge is 0.315 e. The summed E-state index contributed by atoms with van der Waals surface area (Å²) in [6, 6.07) is 9.31. The van der Waals surface area contributed by atoms with E-state index in [1.165, 1.54) is 12.0 Å². The molecule has 0 spiro atoms. The molecule has 0 aromatic heterocycles. The van der Waals surface area contributed by atoms with Crippen molar-refractivity contribution < 1.29 is 4.79 Å². The molecule has 2 saturated heterocycles. The second-order valence-corrected chi connectivity index (χ2v) is 5.81. The third-order valence-corrected chi connectivity index (χ3v) is 4.68. The van der Waals surface area contributed by atoms with Crippen molar-refractivity contribution >= 4 is 11.6 Å². The second-order valence-electron chi connectivity index (χ2n) is 5.81. The van der Waals surface area contributed by atoms with Crippen LogP contribution in [-0.2, 0) is 11.2 Å². The minimum Gasteiger partial charge on any atom is -0.315 e. The summed E-state index contributed by atoms with van der Waals surface area (Å²) in [5.41, 5.74) is 2.32. The fourth-order valence-corrected chi connectivity index (χ4v) is 3.43. The van der Waals surface area contributed by atoms with Gasteiger partial charge in [-0.25, -0.2) is 0 Å².